The fourth-order valence-electron chi connectivity index (χ4n) is 1.72. The van der Waals surface area contributed by atoms with E-state index in [-0.39, 0.29) is 0 Å². The Morgan fingerprint density at radius 2 is 1.04 bits per heavy atom. The number of esters is 2. The van der Waals surface area contributed by atoms with Crippen LogP contribution in [0.5, 0.6) is 0 Å². The summed E-state index contributed by atoms with van der Waals surface area (Å²) in [4.78, 5) is 46.2. The quantitative estimate of drug-likeness (QED) is 0.447. The minimum atomic E-state index is -1.60. The zero-order chi connectivity index (χ0) is 18.3. The van der Waals surface area contributed by atoms with Gasteiger partial charge in [-0.15, -0.1) is 0 Å². The van der Waals surface area contributed by atoms with Crippen molar-refractivity contribution >= 4 is 23.9 Å². The fraction of sp³-hybridized carbons (Fsp3) is 0.286. The summed E-state index contributed by atoms with van der Waals surface area (Å²) in [5.41, 5.74) is -2.52. The van der Waals surface area contributed by atoms with Crippen molar-refractivity contribution in [3.05, 3.63) is 34.4 Å². The standard InChI is InChI=1S/C14H14O10/c15-1-3-23-13(21)9-5-8(12(19)20)10(6-7(9)11(17)18)14(22)24-4-2-16/h5-6,15-16H,1-4H2,(H,17,18)(H,19,20). The van der Waals surface area contributed by atoms with Crippen LogP contribution >= 0.6 is 0 Å². The number of aliphatic hydroxyl groups is 2. The average Bonchev–Trinajstić information content (AvgIpc) is 2.55. The van der Waals surface area contributed by atoms with Crippen molar-refractivity contribution in [3.63, 3.8) is 0 Å². The zero-order valence-corrected chi connectivity index (χ0v) is 12.2. The summed E-state index contributed by atoms with van der Waals surface area (Å²) in [6.07, 6.45) is 0. The van der Waals surface area contributed by atoms with Gasteiger partial charge in [-0.3, -0.25) is 0 Å². The van der Waals surface area contributed by atoms with Gasteiger partial charge in [-0.2, -0.15) is 0 Å². The number of hydrogen-bond donors (Lipinski definition) is 4. The van der Waals surface area contributed by atoms with E-state index in [0.29, 0.717) is 12.1 Å². The number of aromatic carboxylic acids is 2. The Morgan fingerprint density at radius 3 is 1.29 bits per heavy atom. The van der Waals surface area contributed by atoms with E-state index in [2.05, 4.69) is 9.47 Å². The molecule has 0 spiro atoms. The molecule has 0 atom stereocenters. The molecule has 0 radical (unpaired) electrons. The van der Waals surface area contributed by atoms with E-state index >= 15 is 0 Å². The zero-order valence-electron chi connectivity index (χ0n) is 12.2. The van der Waals surface area contributed by atoms with Crippen LogP contribution in [0.25, 0.3) is 0 Å². The molecule has 0 aliphatic carbocycles. The third kappa shape index (κ3) is 4.51. The summed E-state index contributed by atoms with van der Waals surface area (Å²) >= 11 is 0. The minimum absolute atomic E-state index is 0.416. The highest BCUT2D eigenvalue weighted by Gasteiger charge is 2.27. The van der Waals surface area contributed by atoms with E-state index in [4.69, 9.17) is 20.4 Å². The van der Waals surface area contributed by atoms with E-state index in [9.17, 15) is 19.2 Å². The molecule has 130 valence electrons. The van der Waals surface area contributed by atoms with Gasteiger partial charge in [-0.05, 0) is 12.1 Å². The minimum Gasteiger partial charge on any atom is -0.478 e. The summed E-state index contributed by atoms with van der Waals surface area (Å²) in [5, 5.41) is 35.5. The first kappa shape index (κ1) is 19.1. The lowest BCUT2D eigenvalue weighted by Gasteiger charge is -2.11. The van der Waals surface area contributed by atoms with Crippen LogP contribution in [0.3, 0.4) is 0 Å². The van der Waals surface area contributed by atoms with Crippen molar-refractivity contribution in [1.82, 2.24) is 0 Å². The summed E-state index contributed by atoms with van der Waals surface area (Å²) < 4.78 is 9.15. The monoisotopic (exact) mass is 342 g/mol. The van der Waals surface area contributed by atoms with Gasteiger partial charge in [0.1, 0.15) is 13.2 Å². The molecular weight excluding hydrogens is 328 g/mol. The van der Waals surface area contributed by atoms with Gasteiger partial charge in [-0.25, -0.2) is 19.2 Å². The molecule has 0 aromatic heterocycles. The fourth-order valence-corrected chi connectivity index (χ4v) is 1.72. The van der Waals surface area contributed by atoms with Crippen LogP contribution in [-0.4, -0.2) is 70.7 Å². The lowest BCUT2D eigenvalue weighted by Crippen LogP contribution is -2.19. The molecule has 1 rings (SSSR count). The number of carboxylic acids is 2. The van der Waals surface area contributed by atoms with Crippen LogP contribution in [0.4, 0.5) is 0 Å². The van der Waals surface area contributed by atoms with Gasteiger partial charge >= 0.3 is 23.9 Å². The summed E-state index contributed by atoms with van der Waals surface area (Å²) in [5.74, 6) is -5.53. The third-order valence-electron chi connectivity index (χ3n) is 2.71. The molecule has 0 fully saturated rings. The van der Waals surface area contributed by atoms with Crippen LogP contribution < -0.4 is 0 Å². The molecule has 0 aliphatic heterocycles. The Labute approximate surface area is 134 Å². The first-order valence-corrected chi connectivity index (χ1v) is 6.54. The number of benzene rings is 1. The van der Waals surface area contributed by atoms with E-state index in [1.54, 1.807) is 0 Å². The van der Waals surface area contributed by atoms with Crippen LogP contribution in [0.15, 0.2) is 12.1 Å². The SMILES string of the molecule is O=C(O)c1cc(C(=O)OCCO)c(C(=O)O)cc1C(=O)OCCO. The Morgan fingerprint density at radius 1 is 0.708 bits per heavy atom. The Bertz CT molecular complexity index is 606. The molecule has 0 unspecified atom stereocenters. The summed E-state index contributed by atoms with van der Waals surface area (Å²) in [7, 11) is 0. The van der Waals surface area contributed by atoms with Gasteiger partial charge in [-0.1, -0.05) is 0 Å². The van der Waals surface area contributed by atoms with Crippen molar-refractivity contribution in [2.45, 2.75) is 0 Å². The Hall–Kier alpha value is -2.98. The molecule has 4 N–H and O–H groups in total. The molecule has 0 amide bonds. The smallest absolute Gasteiger partial charge is 0.339 e. The molecule has 0 aliphatic rings. The number of aliphatic hydroxyl groups excluding tert-OH is 2. The highest BCUT2D eigenvalue weighted by Crippen LogP contribution is 2.20. The maximum atomic E-state index is 11.8. The second kappa shape index (κ2) is 8.60. The lowest BCUT2D eigenvalue weighted by molar-refractivity contribution is 0.0413. The molecule has 1 aromatic rings. The molecule has 10 nitrogen and oxygen atoms in total. The maximum absolute atomic E-state index is 11.8. The Balaban J connectivity index is 3.44. The molecule has 0 bridgehead atoms. The number of hydrogen-bond acceptors (Lipinski definition) is 8. The van der Waals surface area contributed by atoms with Crippen LogP contribution in [0, 0.1) is 0 Å². The topological polar surface area (TPSA) is 168 Å². The number of ether oxygens (including phenoxy) is 2. The van der Waals surface area contributed by atoms with E-state index < -0.39 is 72.6 Å². The van der Waals surface area contributed by atoms with Crippen LogP contribution in [0.2, 0.25) is 0 Å². The van der Waals surface area contributed by atoms with Gasteiger partial charge in [0.15, 0.2) is 0 Å². The first-order valence-electron chi connectivity index (χ1n) is 6.54. The lowest BCUT2D eigenvalue weighted by atomic mass is 9.98. The summed E-state index contributed by atoms with van der Waals surface area (Å²) in [6, 6.07) is 1.36. The van der Waals surface area contributed by atoms with Crippen molar-refractivity contribution in [1.29, 1.82) is 0 Å². The van der Waals surface area contributed by atoms with Crippen molar-refractivity contribution in [2.24, 2.45) is 0 Å². The van der Waals surface area contributed by atoms with E-state index in [0.717, 1.165) is 0 Å². The van der Waals surface area contributed by atoms with Crippen LogP contribution in [-0.2, 0) is 9.47 Å². The molecule has 1 aromatic carbocycles. The van der Waals surface area contributed by atoms with Crippen molar-refractivity contribution in [2.75, 3.05) is 26.4 Å². The molecule has 0 saturated carbocycles. The van der Waals surface area contributed by atoms with Gasteiger partial charge in [0.05, 0.1) is 35.5 Å². The van der Waals surface area contributed by atoms with Gasteiger partial charge in [0.2, 0.25) is 0 Å². The van der Waals surface area contributed by atoms with Crippen molar-refractivity contribution in [3.8, 4) is 0 Å². The number of carboxylic acid groups (broad SMARTS) is 2. The third-order valence-corrected chi connectivity index (χ3v) is 2.71. The molecule has 24 heavy (non-hydrogen) atoms. The van der Waals surface area contributed by atoms with Gasteiger partial charge in [0.25, 0.3) is 0 Å². The normalized spacial score (nSPS) is 10.1. The molecule has 10 heteroatoms. The van der Waals surface area contributed by atoms with Crippen molar-refractivity contribution < 1.29 is 49.1 Å². The molecular formula is C14H14O10. The highest BCUT2D eigenvalue weighted by molar-refractivity contribution is 6.09. The number of rotatable bonds is 8. The van der Waals surface area contributed by atoms with Gasteiger partial charge < -0.3 is 29.9 Å². The van der Waals surface area contributed by atoms with Crippen LogP contribution in [0.1, 0.15) is 41.4 Å². The van der Waals surface area contributed by atoms with E-state index in [1.807, 2.05) is 0 Å². The molecule has 0 heterocycles. The second-order valence-electron chi connectivity index (χ2n) is 4.27. The Kier molecular flexibility index (Phi) is 6.83. The predicted octanol–water partition coefficient (Wildman–Crippen LogP) is -0.619. The number of carbonyl (C=O) groups is 4. The predicted molar refractivity (Wildman–Crippen MR) is 75.1 cm³/mol. The second-order valence-corrected chi connectivity index (χ2v) is 4.27. The average molecular weight is 342 g/mol. The summed E-state index contributed by atoms with van der Waals surface area (Å²) in [6.45, 7) is -1.85. The first-order chi connectivity index (χ1) is 11.3. The molecule has 0 saturated heterocycles. The maximum Gasteiger partial charge on any atom is 0.339 e. The van der Waals surface area contributed by atoms with E-state index in [1.165, 1.54) is 0 Å². The largest absolute Gasteiger partial charge is 0.478 e. The van der Waals surface area contributed by atoms with Gasteiger partial charge in [0, 0.05) is 0 Å². The highest BCUT2D eigenvalue weighted by atomic mass is 16.5. The number of carbonyl (C=O) groups excluding carboxylic acids is 2.